The number of aryl methyl sites for hydroxylation is 1. The summed E-state index contributed by atoms with van der Waals surface area (Å²) in [5, 5.41) is 12.4. The van der Waals surface area contributed by atoms with Crippen molar-refractivity contribution in [3.63, 3.8) is 0 Å². The molecule has 1 aromatic carbocycles. The second kappa shape index (κ2) is 4.44. The molecule has 0 saturated heterocycles. The average molecular weight is 284 g/mol. The normalized spacial score (nSPS) is 17.8. The monoisotopic (exact) mass is 283 g/mol. The Morgan fingerprint density at radius 1 is 1.39 bits per heavy atom. The zero-order chi connectivity index (χ0) is 12.7. The molecule has 0 saturated carbocycles. The van der Waals surface area contributed by atoms with Crippen LogP contribution in [0, 0.1) is 5.82 Å². The second-order valence-electron chi connectivity index (χ2n) is 4.33. The largest absolute Gasteiger partial charge is 0.505 e. The maximum atomic E-state index is 13.2. The maximum absolute atomic E-state index is 13.2. The smallest absolute Gasteiger partial charge is 0.166 e. The maximum Gasteiger partial charge on any atom is 0.166 e. The minimum atomic E-state index is -0.610. The van der Waals surface area contributed by atoms with E-state index in [2.05, 4.69) is 5.32 Å². The fraction of sp³-hybridized carbons (Fsp3) is 0.231. The van der Waals surface area contributed by atoms with Crippen LogP contribution in [0.2, 0.25) is 4.34 Å². The summed E-state index contributed by atoms with van der Waals surface area (Å²) in [5.41, 5.74) is 1.88. The molecule has 0 aliphatic heterocycles. The Morgan fingerprint density at radius 3 is 3.00 bits per heavy atom. The number of thiophene rings is 1. The van der Waals surface area contributed by atoms with Crippen LogP contribution in [0.3, 0.4) is 0 Å². The number of fused-ring (bicyclic) bond motifs is 1. The van der Waals surface area contributed by atoms with E-state index < -0.39 is 5.82 Å². The van der Waals surface area contributed by atoms with Gasteiger partial charge in [-0.2, -0.15) is 0 Å². The molecule has 94 valence electrons. The number of anilines is 1. The Bertz CT molecular complexity index is 599. The molecular weight excluding hydrogens is 273 g/mol. The number of hydrogen-bond acceptors (Lipinski definition) is 3. The van der Waals surface area contributed by atoms with Gasteiger partial charge in [0.2, 0.25) is 0 Å². The van der Waals surface area contributed by atoms with Gasteiger partial charge in [0.05, 0.1) is 10.4 Å². The summed E-state index contributed by atoms with van der Waals surface area (Å²) < 4.78 is 14.0. The van der Waals surface area contributed by atoms with Crippen LogP contribution in [0.1, 0.15) is 22.9 Å². The lowest BCUT2D eigenvalue weighted by molar-refractivity contribution is 0.432. The minimum absolute atomic E-state index is 0.174. The van der Waals surface area contributed by atoms with Crippen LogP contribution in [-0.4, -0.2) is 5.11 Å². The summed E-state index contributed by atoms with van der Waals surface area (Å²) in [6.45, 7) is 0. The van der Waals surface area contributed by atoms with Gasteiger partial charge in [0.1, 0.15) is 0 Å². The number of hydrogen-bond donors (Lipinski definition) is 2. The van der Waals surface area contributed by atoms with E-state index in [1.54, 1.807) is 17.4 Å². The lowest BCUT2D eigenvalue weighted by Crippen LogP contribution is -2.06. The molecule has 0 fully saturated rings. The SMILES string of the molecule is Oc1ccc(NC2CCc3sc(Cl)cc32)cc1F. The third kappa shape index (κ3) is 2.06. The highest BCUT2D eigenvalue weighted by molar-refractivity contribution is 7.16. The van der Waals surface area contributed by atoms with Crippen LogP contribution >= 0.6 is 22.9 Å². The van der Waals surface area contributed by atoms with E-state index in [9.17, 15) is 4.39 Å². The number of phenols is 1. The van der Waals surface area contributed by atoms with Crippen LogP contribution in [0.4, 0.5) is 10.1 Å². The zero-order valence-corrected chi connectivity index (χ0v) is 11.0. The first-order valence-corrected chi connectivity index (χ1v) is 6.86. The standard InChI is InChI=1S/C13H11ClFNOS/c14-13-6-8-10(2-4-12(8)18-13)16-7-1-3-11(17)9(15)5-7/h1,3,5-6,10,16-17H,2,4H2. The van der Waals surface area contributed by atoms with E-state index in [1.165, 1.54) is 22.6 Å². The van der Waals surface area contributed by atoms with Gasteiger partial charge in [-0.25, -0.2) is 4.39 Å². The van der Waals surface area contributed by atoms with Crippen molar-refractivity contribution in [3.05, 3.63) is 44.9 Å². The molecule has 0 spiro atoms. The van der Waals surface area contributed by atoms with Gasteiger partial charge in [-0.3, -0.25) is 0 Å². The molecule has 1 atom stereocenters. The molecule has 0 amide bonds. The van der Waals surface area contributed by atoms with Gasteiger partial charge >= 0.3 is 0 Å². The predicted octanol–water partition coefficient (Wildman–Crippen LogP) is 4.35. The van der Waals surface area contributed by atoms with E-state index in [4.69, 9.17) is 16.7 Å². The van der Waals surface area contributed by atoms with Crippen LogP contribution < -0.4 is 5.32 Å². The molecule has 1 aliphatic rings. The molecule has 2 N–H and O–H groups in total. The molecule has 1 aromatic heterocycles. The Hall–Kier alpha value is -1.26. The van der Waals surface area contributed by atoms with Crippen molar-refractivity contribution in [3.8, 4) is 5.75 Å². The highest BCUT2D eigenvalue weighted by Crippen LogP contribution is 2.41. The summed E-state index contributed by atoms with van der Waals surface area (Å²) in [5.74, 6) is -0.937. The second-order valence-corrected chi connectivity index (χ2v) is 6.10. The van der Waals surface area contributed by atoms with E-state index in [0.717, 1.165) is 17.2 Å². The van der Waals surface area contributed by atoms with Crippen molar-refractivity contribution < 1.29 is 9.50 Å². The number of halogens is 2. The van der Waals surface area contributed by atoms with E-state index >= 15 is 0 Å². The fourth-order valence-electron chi connectivity index (χ4n) is 2.28. The topological polar surface area (TPSA) is 32.3 Å². The molecule has 2 nitrogen and oxygen atoms in total. The highest BCUT2D eigenvalue weighted by Gasteiger charge is 2.25. The van der Waals surface area contributed by atoms with E-state index in [1.807, 2.05) is 6.07 Å². The van der Waals surface area contributed by atoms with Crippen molar-refractivity contribution in [2.24, 2.45) is 0 Å². The first-order chi connectivity index (χ1) is 8.63. The molecule has 18 heavy (non-hydrogen) atoms. The lowest BCUT2D eigenvalue weighted by Gasteiger charge is -2.14. The first kappa shape index (κ1) is 11.8. The van der Waals surface area contributed by atoms with Gasteiger partial charge in [-0.15, -0.1) is 11.3 Å². The molecule has 1 aliphatic carbocycles. The van der Waals surface area contributed by atoms with Crippen molar-refractivity contribution >= 4 is 28.6 Å². The van der Waals surface area contributed by atoms with E-state index in [0.29, 0.717) is 5.69 Å². The van der Waals surface area contributed by atoms with Crippen LogP contribution in [0.5, 0.6) is 5.75 Å². The van der Waals surface area contributed by atoms with Gasteiger partial charge in [0, 0.05) is 16.6 Å². The van der Waals surface area contributed by atoms with Crippen molar-refractivity contribution in [2.45, 2.75) is 18.9 Å². The van der Waals surface area contributed by atoms with Crippen molar-refractivity contribution in [1.82, 2.24) is 0 Å². The molecule has 1 heterocycles. The number of phenolic OH excluding ortho intramolecular Hbond substituents is 1. The average Bonchev–Trinajstić information content (AvgIpc) is 2.85. The Morgan fingerprint density at radius 2 is 2.22 bits per heavy atom. The minimum Gasteiger partial charge on any atom is -0.505 e. The number of rotatable bonds is 2. The quantitative estimate of drug-likeness (QED) is 0.803. The molecular formula is C13H11ClFNOS. The van der Waals surface area contributed by atoms with E-state index in [-0.39, 0.29) is 11.8 Å². The molecule has 0 radical (unpaired) electrons. The third-order valence-corrected chi connectivity index (χ3v) is 4.48. The number of nitrogens with one attached hydrogen (secondary N) is 1. The molecule has 5 heteroatoms. The third-order valence-electron chi connectivity index (χ3n) is 3.14. The van der Waals surface area contributed by atoms with Gasteiger partial charge in [0.25, 0.3) is 0 Å². The zero-order valence-electron chi connectivity index (χ0n) is 9.41. The molecule has 3 rings (SSSR count). The van der Waals surface area contributed by atoms with Gasteiger partial charge in [-0.05, 0) is 36.6 Å². The van der Waals surface area contributed by atoms with Crippen LogP contribution in [0.15, 0.2) is 24.3 Å². The first-order valence-electron chi connectivity index (χ1n) is 5.66. The Labute approximate surface area is 113 Å². The predicted molar refractivity (Wildman–Crippen MR) is 72.1 cm³/mol. The summed E-state index contributed by atoms with van der Waals surface area (Å²) in [6, 6.07) is 6.48. The Balaban J connectivity index is 1.83. The van der Waals surface area contributed by atoms with Crippen LogP contribution in [-0.2, 0) is 6.42 Å². The summed E-state index contributed by atoms with van der Waals surface area (Å²) in [7, 11) is 0. The van der Waals surface area contributed by atoms with Gasteiger partial charge < -0.3 is 10.4 Å². The summed E-state index contributed by atoms with van der Waals surface area (Å²) >= 11 is 7.60. The molecule has 2 aromatic rings. The van der Waals surface area contributed by atoms with Gasteiger partial charge in [-0.1, -0.05) is 11.6 Å². The van der Waals surface area contributed by atoms with Crippen molar-refractivity contribution in [1.29, 1.82) is 0 Å². The van der Waals surface area contributed by atoms with Gasteiger partial charge in [0.15, 0.2) is 11.6 Å². The number of benzene rings is 1. The number of aromatic hydroxyl groups is 1. The summed E-state index contributed by atoms with van der Waals surface area (Å²) in [4.78, 5) is 1.30. The fourth-order valence-corrected chi connectivity index (χ4v) is 3.64. The molecule has 1 unspecified atom stereocenters. The molecule has 0 bridgehead atoms. The van der Waals surface area contributed by atoms with Crippen LogP contribution in [0.25, 0.3) is 0 Å². The highest BCUT2D eigenvalue weighted by atomic mass is 35.5. The Kier molecular flexibility index (Phi) is 2.92. The lowest BCUT2D eigenvalue weighted by atomic mass is 10.1. The van der Waals surface area contributed by atoms with Crippen molar-refractivity contribution in [2.75, 3.05) is 5.32 Å². The summed E-state index contributed by atoms with van der Waals surface area (Å²) in [6.07, 6.45) is 1.99.